The summed E-state index contributed by atoms with van der Waals surface area (Å²) in [6.07, 6.45) is 1.31. The van der Waals surface area contributed by atoms with Crippen LogP contribution in [0.25, 0.3) is 10.2 Å². The second-order valence-electron chi connectivity index (χ2n) is 8.41. The summed E-state index contributed by atoms with van der Waals surface area (Å²) in [6, 6.07) is 13.0. The quantitative estimate of drug-likeness (QED) is 0.599. The number of thiazole rings is 1. The number of nitrogens with one attached hydrogen (secondary N) is 1. The largest absolute Gasteiger partial charge is 0.302 e. The number of rotatable bonds is 5. The van der Waals surface area contributed by atoms with Gasteiger partial charge in [-0.1, -0.05) is 48.9 Å². The highest BCUT2D eigenvalue weighted by molar-refractivity contribution is 7.89. The molecule has 2 heterocycles. The molecule has 1 fully saturated rings. The van der Waals surface area contributed by atoms with E-state index in [1.165, 1.54) is 21.2 Å². The summed E-state index contributed by atoms with van der Waals surface area (Å²) in [5, 5.41) is 3.47. The highest BCUT2D eigenvalue weighted by Gasteiger charge is 2.33. The van der Waals surface area contributed by atoms with Crippen LogP contribution in [0.1, 0.15) is 43.7 Å². The van der Waals surface area contributed by atoms with Crippen LogP contribution in [0.2, 0.25) is 0 Å². The van der Waals surface area contributed by atoms with Crippen LogP contribution in [0, 0.1) is 12.8 Å². The molecule has 0 spiro atoms. The Kier molecular flexibility index (Phi) is 6.14. The Morgan fingerprint density at radius 2 is 1.94 bits per heavy atom. The van der Waals surface area contributed by atoms with Crippen molar-refractivity contribution in [2.45, 2.75) is 44.4 Å². The predicted octanol–water partition coefficient (Wildman–Crippen LogP) is 4.77. The van der Waals surface area contributed by atoms with Gasteiger partial charge in [0.15, 0.2) is 5.13 Å². The van der Waals surface area contributed by atoms with Crippen molar-refractivity contribution in [3.05, 3.63) is 53.6 Å². The number of anilines is 1. The van der Waals surface area contributed by atoms with Gasteiger partial charge in [0.05, 0.1) is 21.0 Å². The zero-order chi connectivity index (χ0) is 22.2. The monoisotopic (exact) mass is 457 g/mol. The zero-order valence-electron chi connectivity index (χ0n) is 18.0. The number of aryl methyl sites for hydroxylation is 1. The second-order valence-corrected chi connectivity index (χ2v) is 11.4. The molecular weight excluding hydrogens is 430 g/mol. The number of carbonyl (C=O) groups excluding carboxylic acids is 1. The summed E-state index contributed by atoms with van der Waals surface area (Å²) in [5.41, 5.74) is 3.10. The molecule has 0 aliphatic carbocycles. The van der Waals surface area contributed by atoms with Crippen LogP contribution < -0.4 is 5.32 Å². The minimum absolute atomic E-state index is 0.174. The number of fused-ring (bicyclic) bond motifs is 1. The molecule has 3 aromatic rings. The zero-order valence-corrected chi connectivity index (χ0v) is 19.6. The average Bonchev–Trinajstić information content (AvgIpc) is 3.15. The van der Waals surface area contributed by atoms with E-state index in [0.717, 1.165) is 15.8 Å². The van der Waals surface area contributed by atoms with Crippen LogP contribution in [0.15, 0.2) is 47.4 Å². The summed E-state index contributed by atoms with van der Waals surface area (Å²) in [4.78, 5) is 17.7. The van der Waals surface area contributed by atoms with Crippen molar-refractivity contribution in [3.63, 3.8) is 0 Å². The molecule has 1 aromatic heterocycles. The lowest BCUT2D eigenvalue weighted by atomic mass is 9.99. The Morgan fingerprint density at radius 3 is 2.65 bits per heavy atom. The van der Waals surface area contributed by atoms with E-state index in [4.69, 9.17) is 0 Å². The molecule has 0 bridgehead atoms. The lowest BCUT2D eigenvalue weighted by Crippen LogP contribution is -2.43. The standard InChI is InChI=1S/C23H27N3O3S2/c1-15(2)17-8-11-20-21(13-17)30-23(24-20)25-22(27)18-5-4-12-26(14-18)31(28,29)19-9-6-16(3)7-10-19/h6-11,13,15,18H,4-5,12,14H2,1-3H3,(H,24,25,27). The van der Waals surface area contributed by atoms with E-state index in [1.807, 2.05) is 13.0 Å². The van der Waals surface area contributed by atoms with Crippen LogP contribution >= 0.6 is 11.3 Å². The van der Waals surface area contributed by atoms with E-state index < -0.39 is 15.9 Å². The van der Waals surface area contributed by atoms with E-state index in [9.17, 15) is 13.2 Å². The van der Waals surface area contributed by atoms with Gasteiger partial charge in [0.25, 0.3) is 0 Å². The molecule has 1 unspecified atom stereocenters. The number of sulfonamides is 1. The first-order valence-electron chi connectivity index (χ1n) is 10.5. The smallest absolute Gasteiger partial charge is 0.243 e. The molecule has 1 aliphatic rings. The molecule has 1 aliphatic heterocycles. The first kappa shape index (κ1) is 21.9. The molecule has 1 atom stereocenters. The maximum absolute atomic E-state index is 13.0. The molecule has 31 heavy (non-hydrogen) atoms. The third-order valence-electron chi connectivity index (χ3n) is 5.72. The fourth-order valence-electron chi connectivity index (χ4n) is 3.80. The Hall–Kier alpha value is -2.29. The van der Waals surface area contributed by atoms with Crippen LogP contribution in [-0.2, 0) is 14.8 Å². The van der Waals surface area contributed by atoms with E-state index in [0.29, 0.717) is 30.4 Å². The van der Waals surface area contributed by atoms with Gasteiger partial charge in [-0.3, -0.25) is 4.79 Å². The SMILES string of the molecule is Cc1ccc(S(=O)(=O)N2CCCC(C(=O)Nc3nc4ccc(C(C)C)cc4s3)C2)cc1. The van der Waals surface area contributed by atoms with Crippen LogP contribution in [0.4, 0.5) is 5.13 Å². The second kappa shape index (κ2) is 8.68. The minimum Gasteiger partial charge on any atom is -0.302 e. The molecule has 164 valence electrons. The average molecular weight is 458 g/mol. The van der Waals surface area contributed by atoms with Gasteiger partial charge >= 0.3 is 0 Å². The van der Waals surface area contributed by atoms with Crippen LogP contribution in [-0.4, -0.2) is 36.7 Å². The Balaban J connectivity index is 1.47. The predicted molar refractivity (Wildman–Crippen MR) is 125 cm³/mol. The van der Waals surface area contributed by atoms with E-state index in [2.05, 4.69) is 36.3 Å². The molecule has 1 N–H and O–H groups in total. The number of aromatic nitrogens is 1. The fourth-order valence-corrected chi connectivity index (χ4v) is 6.24. The number of amides is 1. The molecule has 1 saturated heterocycles. The summed E-state index contributed by atoms with van der Waals surface area (Å²) >= 11 is 1.45. The molecule has 0 radical (unpaired) electrons. The highest BCUT2D eigenvalue weighted by Crippen LogP contribution is 2.30. The third kappa shape index (κ3) is 4.66. The molecule has 2 aromatic carbocycles. The molecule has 6 nitrogen and oxygen atoms in total. The van der Waals surface area contributed by atoms with Gasteiger partial charge in [0.1, 0.15) is 0 Å². The summed E-state index contributed by atoms with van der Waals surface area (Å²) in [6.45, 7) is 6.82. The van der Waals surface area contributed by atoms with Gasteiger partial charge in [-0.25, -0.2) is 13.4 Å². The van der Waals surface area contributed by atoms with Crippen molar-refractivity contribution in [2.24, 2.45) is 5.92 Å². The molecular formula is C23H27N3O3S2. The molecule has 0 saturated carbocycles. The first-order chi connectivity index (χ1) is 14.7. The number of piperidine rings is 1. The number of carbonyl (C=O) groups is 1. The summed E-state index contributed by atoms with van der Waals surface area (Å²) in [5.74, 6) is -0.146. The van der Waals surface area contributed by atoms with Crippen molar-refractivity contribution in [2.75, 3.05) is 18.4 Å². The van der Waals surface area contributed by atoms with Crippen molar-refractivity contribution in [3.8, 4) is 0 Å². The Labute approximate surface area is 187 Å². The number of benzene rings is 2. The third-order valence-corrected chi connectivity index (χ3v) is 8.54. The first-order valence-corrected chi connectivity index (χ1v) is 12.8. The fraction of sp³-hybridized carbons (Fsp3) is 0.391. The Bertz CT molecular complexity index is 1200. The Morgan fingerprint density at radius 1 is 1.19 bits per heavy atom. The van der Waals surface area contributed by atoms with Gasteiger partial charge in [-0.2, -0.15) is 4.31 Å². The summed E-state index contributed by atoms with van der Waals surface area (Å²) in [7, 11) is -3.61. The maximum Gasteiger partial charge on any atom is 0.243 e. The van der Waals surface area contributed by atoms with Gasteiger partial charge in [0, 0.05) is 13.1 Å². The molecule has 4 rings (SSSR count). The highest BCUT2D eigenvalue weighted by atomic mass is 32.2. The van der Waals surface area contributed by atoms with Gasteiger partial charge in [0.2, 0.25) is 15.9 Å². The minimum atomic E-state index is -3.61. The lowest BCUT2D eigenvalue weighted by molar-refractivity contribution is -0.120. The van der Waals surface area contributed by atoms with Crippen molar-refractivity contribution in [1.29, 1.82) is 0 Å². The molecule has 8 heteroatoms. The van der Waals surface area contributed by atoms with Crippen molar-refractivity contribution >= 4 is 42.6 Å². The van der Waals surface area contributed by atoms with E-state index >= 15 is 0 Å². The number of hydrogen-bond acceptors (Lipinski definition) is 5. The number of hydrogen-bond donors (Lipinski definition) is 1. The van der Waals surface area contributed by atoms with Crippen LogP contribution in [0.5, 0.6) is 0 Å². The maximum atomic E-state index is 13.0. The van der Waals surface area contributed by atoms with Crippen LogP contribution in [0.3, 0.4) is 0 Å². The normalized spacial score (nSPS) is 17.9. The van der Waals surface area contributed by atoms with Gasteiger partial charge in [-0.15, -0.1) is 0 Å². The molecule has 1 amide bonds. The lowest BCUT2D eigenvalue weighted by Gasteiger charge is -2.31. The topological polar surface area (TPSA) is 79.4 Å². The summed E-state index contributed by atoms with van der Waals surface area (Å²) < 4.78 is 28.5. The van der Waals surface area contributed by atoms with Gasteiger partial charge in [-0.05, 0) is 55.5 Å². The number of nitrogens with zero attached hydrogens (tertiary/aromatic N) is 2. The van der Waals surface area contributed by atoms with Crippen molar-refractivity contribution < 1.29 is 13.2 Å². The van der Waals surface area contributed by atoms with Gasteiger partial charge < -0.3 is 5.32 Å². The van der Waals surface area contributed by atoms with Crippen molar-refractivity contribution in [1.82, 2.24) is 9.29 Å². The van der Waals surface area contributed by atoms with E-state index in [1.54, 1.807) is 24.3 Å². The van der Waals surface area contributed by atoms with E-state index in [-0.39, 0.29) is 17.3 Å².